The standard InChI is InChI=1S/C25H33N5O2/c1-5-21-16(3)24(29-23-8-6-7-15(2)27-23)20-13-18(9-10-22(20)30(21)17(4)31)25(32)28-19-11-12-26-14-19/h6-10,13,16,19,21,24,26H,5,11-12,14H2,1-4H3,(H,27,29)(H,28,32). The zero-order chi connectivity index (χ0) is 22.8. The summed E-state index contributed by atoms with van der Waals surface area (Å²) < 4.78 is 0. The maximum atomic E-state index is 13.0. The third-order valence-electron chi connectivity index (χ3n) is 6.69. The first-order chi connectivity index (χ1) is 15.4. The van der Waals surface area contributed by atoms with Crippen molar-refractivity contribution in [1.82, 2.24) is 15.6 Å². The summed E-state index contributed by atoms with van der Waals surface area (Å²) in [6.07, 6.45) is 1.78. The van der Waals surface area contributed by atoms with E-state index >= 15 is 0 Å². The molecule has 0 aliphatic carbocycles. The largest absolute Gasteiger partial charge is 0.363 e. The Balaban J connectivity index is 1.73. The number of fused-ring (bicyclic) bond motifs is 1. The van der Waals surface area contributed by atoms with Gasteiger partial charge >= 0.3 is 0 Å². The van der Waals surface area contributed by atoms with E-state index < -0.39 is 0 Å². The minimum absolute atomic E-state index is 0.0197. The molecule has 3 N–H and O–H groups in total. The monoisotopic (exact) mass is 435 g/mol. The zero-order valence-electron chi connectivity index (χ0n) is 19.3. The molecular formula is C25H33N5O2. The molecule has 1 aromatic carbocycles. The molecule has 2 amide bonds. The molecule has 0 spiro atoms. The van der Waals surface area contributed by atoms with Crippen LogP contribution in [0.2, 0.25) is 0 Å². The van der Waals surface area contributed by atoms with Crippen molar-refractivity contribution in [3.8, 4) is 0 Å². The van der Waals surface area contributed by atoms with Crippen LogP contribution in [0.3, 0.4) is 0 Å². The molecule has 0 saturated carbocycles. The molecule has 0 bridgehead atoms. The van der Waals surface area contributed by atoms with E-state index in [2.05, 4.69) is 34.8 Å². The Kier molecular flexibility index (Phi) is 6.46. The Bertz CT molecular complexity index is 1000. The number of hydrogen-bond donors (Lipinski definition) is 3. The summed E-state index contributed by atoms with van der Waals surface area (Å²) in [6.45, 7) is 9.58. The van der Waals surface area contributed by atoms with Crippen LogP contribution in [-0.2, 0) is 4.79 Å². The van der Waals surface area contributed by atoms with Crippen LogP contribution >= 0.6 is 0 Å². The number of carbonyl (C=O) groups is 2. The van der Waals surface area contributed by atoms with Crippen LogP contribution in [0.1, 0.15) is 61.3 Å². The van der Waals surface area contributed by atoms with Gasteiger partial charge in [-0.3, -0.25) is 9.59 Å². The van der Waals surface area contributed by atoms with Gasteiger partial charge in [0.1, 0.15) is 5.82 Å². The van der Waals surface area contributed by atoms with Gasteiger partial charge in [0.2, 0.25) is 5.91 Å². The molecule has 170 valence electrons. The third kappa shape index (κ3) is 4.35. The van der Waals surface area contributed by atoms with E-state index in [1.807, 2.05) is 48.2 Å². The van der Waals surface area contributed by atoms with E-state index in [1.54, 1.807) is 6.92 Å². The lowest BCUT2D eigenvalue weighted by molar-refractivity contribution is -0.117. The van der Waals surface area contributed by atoms with Gasteiger partial charge in [0, 0.05) is 48.4 Å². The van der Waals surface area contributed by atoms with Crippen LogP contribution in [0.4, 0.5) is 11.5 Å². The number of nitrogens with zero attached hydrogens (tertiary/aromatic N) is 2. The number of anilines is 2. The first-order valence-corrected chi connectivity index (χ1v) is 11.5. The molecule has 7 heteroatoms. The predicted molar refractivity (Wildman–Crippen MR) is 127 cm³/mol. The number of pyridine rings is 1. The van der Waals surface area contributed by atoms with Crippen LogP contribution in [0.15, 0.2) is 36.4 Å². The van der Waals surface area contributed by atoms with Crippen LogP contribution in [0.5, 0.6) is 0 Å². The van der Waals surface area contributed by atoms with Crippen molar-refractivity contribution in [3.05, 3.63) is 53.2 Å². The summed E-state index contributed by atoms with van der Waals surface area (Å²) >= 11 is 0. The first kappa shape index (κ1) is 22.3. The summed E-state index contributed by atoms with van der Waals surface area (Å²) in [5.41, 5.74) is 3.38. The fourth-order valence-electron chi connectivity index (χ4n) is 5.08. The number of nitrogens with one attached hydrogen (secondary N) is 3. The van der Waals surface area contributed by atoms with Crippen LogP contribution in [0.25, 0.3) is 0 Å². The molecule has 4 unspecified atom stereocenters. The average Bonchev–Trinajstić information content (AvgIpc) is 3.27. The summed E-state index contributed by atoms with van der Waals surface area (Å²) in [7, 11) is 0. The lowest BCUT2D eigenvalue weighted by atomic mass is 9.80. The number of rotatable bonds is 5. The predicted octanol–water partition coefficient (Wildman–Crippen LogP) is 3.42. The van der Waals surface area contributed by atoms with E-state index in [4.69, 9.17) is 0 Å². The van der Waals surface area contributed by atoms with Gasteiger partial charge in [-0.05, 0) is 62.2 Å². The van der Waals surface area contributed by atoms with Crippen LogP contribution < -0.4 is 20.9 Å². The Morgan fingerprint density at radius 3 is 2.72 bits per heavy atom. The quantitative estimate of drug-likeness (QED) is 0.670. The van der Waals surface area contributed by atoms with Crippen molar-refractivity contribution in [1.29, 1.82) is 0 Å². The Morgan fingerprint density at radius 2 is 2.06 bits per heavy atom. The number of aromatic nitrogens is 1. The molecule has 7 nitrogen and oxygen atoms in total. The molecule has 32 heavy (non-hydrogen) atoms. The van der Waals surface area contributed by atoms with E-state index in [0.29, 0.717) is 5.56 Å². The SMILES string of the molecule is CCC1C(C)C(Nc2cccc(C)n2)c2cc(C(=O)NC3CCNC3)ccc2N1C(C)=O. The van der Waals surface area contributed by atoms with E-state index in [0.717, 1.165) is 48.7 Å². The van der Waals surface area contributed by atoms with Crippen molar-refractivity contribution in [2.45, 2.75) is 58.7 Å². The fourth-order valence-corrected chi connectivity index (χ4v) is 5.08. The maximum Gasteiger partial charge on any atom is 0.251 e. The molecule has 1 fully saturated rings. The van der Waals surface area contributed by atoms with Gasteiger partial charge in [-0.15, -0.1) is 0 Å². The molecule has 3 heterocycles. The minimum Gasteiger partial charge on any atom is -0.363 e. The number of amides is 2. The molecular weight excluding hydrogens is 402 g/mol. The second-order valence-electron chi connectivity index (χ2n) is 8.95. The van der Waals surface area contributed by atoms with Gasteiger partial charge in [0.15, 0.2) is 0 Å². The van der Waals surface area contributed by atoms with Gasteiger partial charge in [0.05, 0.1) is 6.04 Å². The van der Waals surface area contributed by atoms with Crippen molar-refractivity contribution < 1.29 is 9.59 Å². The van der Waals surface area contributed by atoms with Gasteiger partial charge in [-0.2, -0.15) is 0 Å². The molecule has 1 saturated heterocycles. The van der Waals surface area contributed by atoms with Gasteiger partial charge < -0.3 is 20.9 Å². The molecule has 0 radical (unpaired) electrons. The Labute approximate surface area is 190 Å². The lowest BCUT2D eigenvalue weighted by Gasteiger charge is -2.45. The van der Waals surface area contributed by atoms with Crippen LogP contribution in [0, 0.1) is 12.8 Å². The topological polar surface area (TPSA) is 86.4 Å². The van der Waals surface area contributed by atoms with E-state index in [1.165, 1.54) is 0 Å². The normalized spacial score (nSPS) is 24.7. The van der Waals surface area contributed by atoms with Gasteiger partial charge in [-0.25, -0.2) is 4.98 Å². The van der Waals surface area contributed by atoms with Gasteiger partial charge in [-0.1, -0.05) is 19.9 Å². The van der Waals surface area contributed by atoms with Crippen molar-refractivity contribution >= 4 is 23.3 Å². The Hall–Kier alpha value is -2.93. The summed E-state index contributed by atoms with van der Waals surface area (Å²) in [5, 5.41) is 10.0. The first-order valence-electron chi connectivity index (χ1n) is 11.5. The highest BCUT2D eigenvalue weighted by molar-refractivity contribution is 5.98. The lowest BCUT2D eigenvalue weighted by Crippen LogP contribution is -2.49. The van der Waals surface area contributed by atoms with Crippen molar-refractivity contribution in [3.63, 3.8) is 0 Å². The number of aryl methyl sites for hydroxylation is 1. The Morgan fingerprint density at radius 1 is 1.25 bits per heavy atom. The third-order valence-corrected chi connectivity index (χ3v) is 6.69. The number of benzene rings is 1. The molecule has 4 rings (SSSR count). The maximum absolute atomic E-state index is 13.0. The summed E-state index contributed by atoms with van der Waals surface area (Å²) in [6, 6.07) is 11.8. The number of hydrogen-bond acceptors (Lipinski definition) is 5. The number of carbonyl (C=O) groups excluding carboxylic acids is 2. The van der Waals surface area contributed by atoms with E-state index in [9.17, 15) is 9.59 Å². The summed E-state index contributed by atoms with van der Waals surface area (Å²) in [5.74, 6) is 0.877. The molecule has 4 atom stereocenters. The fraction of sp³-hybridized carbons (Fsp3) is 0.480. The second kappa shape index (κ2) is 9.28. The average molecular weight is 436 g/mol. The zero-order valence-corrected chi connectivity index (χ0v) is 19.3. The smallest absolute Gasteiger partial charge is 0.251 e. The molecule has 2 aliphatic rings. The van der Waals surface area contributed by atoms with E-state index in [-0.39, 0.29) is 35.9 Å². The molecule has 1 aromatic heterocycles. The highest BCUT2D eigenvalue weighted by Crippen LogP contribution is 2.43. The molecule has 2 aromatic rings. The van der Waals surface area contributed by atoms with Crippen LogP contribution in [-0.4, -0.2) is 42.0 Å². The minimum atomic E-state index is -0.0754. The highest BCUT2D eigenvalue weighted by Gasteiger charge is 2.40. The second-order valence-corrected chi connectivity index (χ2v) is 8.95. The van der Waals surface area contributed by atoms with Crippen molar-refractivity contribution in [2.24, 2.45) is 5.92 Å². The van der Waals surface area contributed by atoms with Crippen molar-refractivity contribution in [2.75, 3.05) is 23.3 Å². The van der Waals surface area contributed by atoms with Gasteiger partial charge in [0.25, 0.3) is 5.91 Å². The highest BCUT2D eigenvalue weighted by atomic mass is 16.2. The summed E-state index contributed by atoms with van der Waals surface area (Å²) in [4.78, 5) is 32.1. The molecule has 2 aliphatic heterocycles.